The highest BCUT2D eigenvalue weighted by Gasteiger charge is 2.25. The maximum absolute atomic E-state index is 9.59. The summed E-state index contributed by atoms with van der Waals surface area (Å²) in [6.45, 7) is 3.84. The average Bonchev–Trinajstić information content (AvgIpc) is 2.95. The number of anilines is 2. The van der Waals surface area contributed by atoms with E-state index in [2.05, 4.69) is 30.4 Å². The standard InChI is InChI=1S/C13H20N6O/c1-2-14-13-16-11-10(7-15-18-11)12(17-13)19-6-4-3-5-9(19)8-20/h7,9,20H,2-6,8H2,1H3,(H2,14,15,16,17,18). The Balaban J connectivity index is 2.05. The first-order chi connectivity index (χ1) is 9.83. The zero-order valence-electron chi connectivity index (χ0n) is 11.6. The molecule has 3 heterocycles. The van der Waals surface area contributed by atoms with Gasteiger partial charge >= 0.3 is 0 Å². The molecular weight excluding hydrogens is 256 g/mol. The number of rotatable bonds is 4. The lowest BCUT2D eigenvalue weighted by Crippen LogP contribution is -2.42. The summed E-state index contributed by atoms with van der Waals surface area (Å²) in [5.74, 6) is 1.46. The number of aromatic nitrogens is 4. The Hall–Kier alpha value is -1.89. The van der Waals surface area contributed by atoms with Crippen molar-refractivity contribution in [3.63, 3.8) is 0 Å². The Morgan fingerprint density at radius 1 is 1.45 bits per heavy atom. The van der Waals surface area contributed by atoms with Crippen LogP contribution in [-0.2, 0) is 0 Å². The molecule has 3 N–H and O–H groups in total. The molecular formula is C13H20N6O. The van der Waals surface area contributed by atoms with Gasteiger partial charge in [0.2, 0.25) is 5.95 Å². The summed E-state index contributed by atoms with van der Waals surface area (Å²) < 4.78 is 0. The van der Waals surface area contributed by atoms with Gasteiger partial charge in [0, 0.05) is 13.1 Å². The van der Waals surface area contributed by atoms with Gasteiger partial charge < -0.3 is 15.3 Å². The van der Waals surface area contributed by atoms with E-state index in [1.54, 1.807) is 6.20 Å². The molecule has 2 aromatic heterocycles. The highest BCUT2D eigenvalue weighted by molar-refractivity contribution is 5.87. The van der Waals surface area contributed by atoms with Crippen molar-refractivity contribution in [2.75, 3.05) is 29.9 Å². The van der Waals surface area contributed by atoms with Gasteiger partial charge in [0.05, 0.1) is 24.2 Å². The number of aliphatic hydroxyl groups excluding tert-OH is 1. The molecule has 7 nitrogen and oxygen atoms in total. The minimum absolute atomic E-state index is 0.131. The van der Waals surface area contributed by atoms with Crippen LogP contribution < -0.4 is 10.2 Å². The van der Waals surface area contributed by atoms with Crippen LogP contribution >= 0.6 is 0 Å². The third kappa shape index (κ3) is 2.29. The first kappa shape index (κ1) is 13.1. The van der Waals surface area contributed by atoms with Gasteiger partial charge in [0.1, 0.15) is 5.82 Å². The van der Waals surface area contributed by atoms with Crippen LogP contribution in [0.25, 0.3) is 11.0 Å². The Labute approximate surface area is 117 Å². The summed E-state index contributed by atoms with van der Waals surface area (Å²) in [6.07, 6.45) is 5.03. The molecule has 20 heavy (non-hydrogen) atoms. The van der Waals surface area contributed by atoms with Gasteiger partial charge in [-0.2, -0.15) is 15.1 Å². The van der Waals surface area contributed by atoms with Crippen molar-refractivity contribution in [2.24, 2.45) is 0 Å². The Bertz CT molecular complexity index is 583. The molecule has 1 unspecified atom stereocenters. The minimum atomic E-state index is 0.131. The van der Waals surface area contributed by atoms with Crippen molar-refractivity contribution in [1.29, 1.82) is 0 Å². The Morgan fingerprint density at radius 3 is 3.15 bits per heavy atom. The van der Waals surface area contributed by atoms with Crippen LogP contribution in [0.4, 0.5) is 11.8 Å². The van der Waals surface area contributed by atoms with Crippen LogP contribution in [0.3, 0.4) is 0 Å². The maximum Gasteiger partial charge on any atom is 0.226 e. The quantitative estimate of drug-likeness (QED) is 0.776. The van der Waals surface area contributed by atoms with E-state index in [-0.39, 0.29) is 12.6 Å². The second-order valence-electron chi connectivity index (χ2n) is 5.06. The van der Waals surface area contributed by atoms with Gasteiger partial charge in [0.25, 0.3) is 0 Å². The third-order valence-corrected chi connectivity index (χ3v) is 3.73. The van der Waals surface area contributed by atoms with E-state index in [9.17, 15) is 5.11 Å². The molecule has 0 aromatic carbocycles. The zero-order chi connectivity index (χ0) is 13.9. The number of nitrogens with zero attached hydrogens (tertiary/aromatic N) is 4. The molecule has 1 atom stereocenters. The largest absolute Gasteiger partial charge is 0.394 e. The normalized spacial score (nSPS) is 19.5. The van der Waals surface area contributed by atoms with Crippen molar-refractivity contribution in [3.8, 4) is 0 Å². The zero-order valence-corrected chi connectivity index (χ0v) is 11.6. The van der Waals surface area contributed by atoms with Crippen LogP contribution in [0.15, 0.2) is 6.20 Å². The molecule has 0 radical (unpaired) electrons. The lowest BCUT2D eigenvalue weighted by Gasteiger charge is -2.35. The van der Waals surface area contributed by atoms with E-state index < -0.39 is 0 Å². The first-order valence-corrected chi connectivity index (χ1v) is 7.16. The van der Waals surface area contributed by atoms with Crippen LogP contribution in [0, 0.1) is 0 Å². The fourth-order valence-electron chi connectivity index (χ4n) is 2.74. The van der Waals surface area contributed by atoms with Crippen molar-refractivity contribution in [1.82, 2.24) is 20.2 Å². The van der Waals surface area contributed by atoms with Gasteiger partial charge in [-0.15, -0.1) is 0 Å². The Morgan fingerprint density at radius 2 is 2.35 bits per heavy atom. The van der Waals surface area contributed by atoms with Crippen LogP contribution in [0.5, 0.6) is 0 Å². The van der Waals surface area contributed by atoms with E-state index in [1.165, 1.54) is 0 Å². The van der Waals surface area contributed by atoms with E-state index >= 15 is 0 Å². The second-order valence-corrected chi connectivity index (χ2v) is 5.06. The molecule has 0 bridgehead atoms. The maximum atomic E-state index is 9.59. The number of fused-ring (bicyclic) bond motifs is 1. The summed E-state index contributed by atoms with van der Waals surface area (Å²) in [4.78, 5) is 11.2. The number of nitrogens with one attached hydrogen (secondary N) is 2. The number of aromatic amines is 1. The van der Waals surface area contributed by atoms with Gasteiger partial charge in [-0.25, -0.2) is 0 Å². The molecule has 7 heteroatoms. The van der Waals surface area contributed by atoms with E-state index in [0.717, 1.165) is 49.2 Å². The van der Waals surface area contributed by atoms with Gasteiger partial charge in [0.15, 0.2) is 5.65 Å². The van der Waals surface area contributed by atoms with Crippen molar-refractivity contribution in [3.05, 3.63) is 6.20 Å². The monoisotopic (exact) mass is 276 g/mol. The highest BCUT2D eigenvalue weighted by Crippen LogP contribution is 2.29. The summed E-state index contributed by atoms with van der Waals surface area (Å²) >= 11 is 0. The SMILES string of the molecule is CCNc1nc(N2CCCCC2CO)c2cn[nH]c2n1. The summed E-state index contributed by atoms with van der Waals surface area (Å²) in [5.41, 5.74) is 0.730. The fourth-order valence-corrected chi connectivity index (χ4v) is 2.74. The van der Waals surface area contributed by atoms with Crippen LogP contribution in [0.1, 0.15) is 26.2 Å². The molecule has 0 saturated carbocycles. The molecule has 2 aromatic rings. The molecule has 108 valence electrons. The van der Waals surface area contributed by atoms with Crippen LogP contribution in [0.2, 0.25) is 0 Å². The van der Waals surface area contributed by atoms with E-state index in [4.69, 9.17) is 0 Å². The highest BCUT2D eigenvalue weighted by atomic mass is 16.3. The molecule has 3 rings (SSSR count). The molecule has 0 aliphatic carbocycles. The molecule has 1 aliphatic heterocycles. The summed E-state index contributed by atoms with van der Waals surface area (Å²) in [7, 11) is 0. The predicted molar refractivity (Wildman–Crippen MR) is 77.9 cm³/mol. The lowest BCUT2D eigenvalue weighted by atomic mass is 10.0. The van der Waals surface area contributed by atoms with E-state index in [1.807, 2.05) is 6.92 Å². The first-order valence-electron chi connectivity index (χ1n) is 7.16. The number of piperidine rings is 1. The second kappa shape index (κ2) is 5.62. The third-order valence-electron chi connectivity index (χ3n) is 3.73. The lowest BCUT2D eigenvalue weighted by molar-refractivity contribution is 0.239. The summed E-state index contributed by atoms with van der Waals surface area (Å²) in [5, 5.41) is 20.6. The van der Waals surface area contributed by atoms with Crippen molar-refractivity contribution in [2.45, 2.75) is 32.2 Å². The number of H-pyrrole nitrogens is 1. The minimum Gasteiger partial charge on any atom is -0.394 e. The molecule has 1 fully saturated rings. The average molecular weight is 276 g/mol. The molecule has 1 saturated heterocycles. The molecule has 0 spiro atoms. The molecule has 1 aliphatic rings. The number of aliphatic hydroxyl groups is 1. The van der Waals surface area contributed by atoms with Gasteiger partial charge in [-0.1, -0.05) is 0 Å². The smallest absolute Gasteiger partial charge is 0.226 e. The van der Waals surface area contributed by atoms with E-state index in [0.29, 0.717) is 5.95 Å². The van der Waals surface area contributed by atoms with Crippen molar-refractivity contribution >= 4 is 22.8 Å². The number of hydrogen-bond acceptors (Lipinski definition) is 6. The molecule has 0 amide bonds. The van der Waals surface area contributed by atoms with Gasteiger partial charge in [-0.05, 0) is 26.2 Å². The van der Waals surface area contributed by atoms with Crippen molar-refractivity contribution < 1.29 is 5.11 Å². The summed E-state index contributed by atoms with van der Waals surface area (Å²) in [6, 6.07) is 0.131. The predicted octanol–water partition coefficient (Wildman–Crippen LogP) is 1.14. The fraction of sp³-hybridized carbons (Fsp3) is 0.615. The van der Waals surface area contributed by atoms with Gasteiger partial charge in [-0.3, -0.25) is 5.10 Å². The van der Waals surface area contributed by atoms with Crippen LogP contribution in [-0.4, -0.2) is 51.0 Å². The number of hydrogen-bond donors (Lipinski definition) is 3. The topological polar surface area (TPSA) is 90.0 Å². The Kier molecular flexibility index (Phi) is 3.68.